The third-order valence-electron chi connectivity index (χ3n) is 3.74. The van der Waals surface area contributed by atoms with Crippen molar-refractivity contribution in [3.63, 3.8) is 0 Å². The first kappa shape index (κ1) is 12.8. The fraction of sp³-hybridized carbons (Fsp3) is 0.917. The lowest BCUT2D eigenvalue weighted by molar-refractivity contribution is -0.122. The van der Waals surface area contributed by atoms with E-state index in [9.17, 15) is 4.79 Å². The Hall–Kier alpha value is -0.650. The fourth-order valence-electron chi connectivity index (χ4n) is 2.92. The molecule has 0 aromatic rings. The van der Waals surface area contributed by atoms with Crippen molar-refractivity contribution in [3.05, 3.63) is 0 Å². The summed E-state index contributed by atoms with van der Waals surface area (Å²) in [5, 5.41) is 3.50. The molecule has 5 heteroatoms. The summed E-state index contributed by atoms with van der Waals surface area (Å²) in [7, 11) is 0. The summed E-state index contributed by atoms with van der Waals surface area (Å²) in [6.07, 6.45) is 5.21. The molecule has 2 fully saturated rings. The molecule has 1 amide bonds. The van der Waals surface area contributed by atoms with Crippen molar-refractivity contribution in [2.24, 2.45) is 5.73 Å². The first-order chi connectivity index (χ1) is 8.25. The number of ether oxygens (including phenoxy) is 1. The summed E-state index contributed by atoms with van der Waals surface area (Å²) in [5.41, 5.74) is 4.99. The number of nitrogens with two attached hydrogens (primary N) is 1. The van der Waals surface area contributed by atoms with Gasteiger partial charge in [0.1, 0.15) is 6.61 Å². The zero-order chi connectivity index (χ0) is 12.1. The van der Waals surface area contributed by atoms with E-state index in [4.69, 9.17) is 10.5 Å². The number of hydrogen-bond acceptors (Lipinski definition) is 4. The van der Waals surface area contributed by atoms with E-state index < -0.39 is 5.91 Å². The Bertz CT molecular complexity index is 260. The predicted octanol–water partition coefficient (Wildman–Crippen LogP) is -0.295. The molecule has 98 valence electrons. The van der Waals surface area contributed by atoms with E-state index in [1.54, 1.807) is 0 Å². The van der Waals surface area contributed by atoms with E-state index in [-0.39, 0.29) is 6.61 Å². The molecule has 0 bridgehead atoms. The van der Waals surface area contributed by atoms with Gasteiger partial charge >= 0.3 is 0 Å². The molecule has 0 aromatic heterocycles. The Morgan fingerprint density at radius 2 is 2.29 bits per heavy atom. The molecule has 0 radical (unpaired) electrons. The lowest BCUT2D eigenvalue weighted by Crippen LogP contribution is -2.46. The Balaban J connectivity index is 1.56. The van der Waals surface area contributed by atoms with Crippen molar-refractivity contribution in [2.45, 2.75) is 37.8 Å². The SMILES string of the molecule is NC(=O)COCCNC1CCN2CCCC2C1. The molecule has 2 aliphatic rings. The highest BCUT2D eigenvalue weighted by Crippen LogP contribution is 2.26. The number of fused-ring (bicyclic) bond motifs is 1. The maximum Gasteiger partial charge on any atom is 0.243 e. The standard InChI is InChI=1S/C12H23N3O2/c13-12(16)9-17-7-4-14-10-3-6-15-5-1-2-11(15)8-10/h10-11,14H,1-9H2,(H2,13,16). The van der Waals surface area contributed by atoms with Crippen molar-refractivity contribution >= 4 is 5.91 Å². The van der Waals surface area contributed by atoms with Crippen molar-refractivity contribution in [3.8, 4) is 0 Å². The van der Waals surface area contributed by atoms with Gasteiger partial charge in [-0.1, -0.05) is 0 Å². The van der Waals surface area contributed by atoms with Crippen LogP contribution in [0.2, 0.25) is 0 Å². The van der Waals surface area contributed by atoms with Gasteiger partial charge < -0.3 is 20.7 Å². The molecule has 3 N–H and O–H groups in total. The average molecular weight is 241 g/mol. The van der Waals surface area contributed by atoms with Crippen LogP contribution in [0.15, 0.2) is 0 Å². The summed E-state index contributed by atoms with van der Waals surface area (Å²) in [6, 6.07) is 1.42. The van der Waals surface area contributed by atoms with Gasteiger partial charge in [0.15, 0.2) is 0 Å². The highest BCUT2D eigenvalue weighted by Gasteiger charge is 2.31. The van der Waals surface area contributed by atoms with Crippen LogP contribution in [0.25, 0.3) is 0 Å². The molecule has 2 aliphatic heterocycles. The summed E-state index contributed by atoms with van der Waals surface area (Å²) >= 11 is 0. The number of carbonyl (C=O) groups is 1. The minimum Gasteiger partial charge on any atom is -0.370 e. The number of nitrogens with zero attached hydrogens (tertiary/aromatic N) is 1. The lowest BCUT2D eigenvalue weighted by Gasteiger charge is -2.35. The predicted molar refractivity (Wildman–Crippen MR) is 65.6 cm³/mol. The number of piperidine rings is 1. The van der Waals surface area contributed by atoms with Crippen LogP contribution < -0.4 is 11.1 Å². The van der Waals surface area contributed by atoms with E-state index in [1.165, 1.54) is 38.8 Å². The van der Waals surface area contributed by atoms with Gasteiger partial charge in [0.2, 0.25) is 5.91 Å². The van der Waals surface area contributed by atoms with Crippen molar-refractivity contribution in [1.82, 2.24) is 10.2 Å². The zero-order valence-electron chi connectivity index (χ0n) is 10.4. The van der Waals surface area contributed by atoms with Crippen molar-refractivity contribution < 1.29 is 9.53 Å². The van der Waals surface area contributed by atoms with Gasteiger partial charge in [0, 0.05) is 18.6 Å². The summed E-state index contributed by atoms with van der Waals surface area (Å²) in [6.45, 7) is 3.92. The van der Waals surface area contributed by atoms with Gasteiger partial charge in [-0.3, -0.25) is 4.79 Å². The van der Waals surface area contributed by atoms with Gasteiger partial charge in [-0.25, -0.2) is 0 Å². The number of amides is 1. The Kier molecular flexibility index (Phi) is 4.76. The molecular weight excluding hydrogens is 218 g/mol. The van der Waals surface area contributed by atoms with Gasteiger partial charge in [-0.15, -0.1) is 0 Å². The smallest absolute Gasteiger partial charge is 0.243 e. The van der Waals surface area contributed by atoms with Gasteiger partial charge in [-0.2, -0.15) is 0 Å². The number of nitrogens with one attached hydrogen (secondary N) is 1. The monoisotopic (exact) mass is 241 g/mol. The van der Waals surface area contributed by atoms with E-state index in [0.717, 1.165) is 12.6 Å². The molecule has 2 saturated heterocycles. The van der Waals surface area contributed by atoms with E-state index >= 15 is 0 Å². The zero-order valence-corrected chi connectivity index (χ0v) is 10.4. The maximum absolute atomic E-state index is 10.5. The van der Waals surface area contributed by atoms with Crippen LogP contribution in [0.4, 0.5) is 0 Å². The lowest BCUT2D eigenvalue weighted by atomic mass is 9.98. The first-order valence-corrected chi connectivity index (χ1v) is 6.59. The third kappa shape index (κ3) is 3.94. The van der Waals surface area contributed by atoms with Crippen LogP contribution >= 0.6 is 0 Å². The highest BCUT2D eigenvalue weighted by molar-refractivity contribution is 5.74. The highest BCUT2D eigenvalue weighted by atomic mass is 16.5. The molecule has 0 aromatic carbocycles. The number of primary amides is 1. The molecule has 2 heterocycles. The molecule has 2 atom stereocenters. The molecule has 17 heavy (non-hydrogen) atoms. The van der Waals surface area contributed by atoms with Crippen LogP contribution in [0, 0.1) is 0 Å². The van der Waals surface area contributed by atoms with Crippen molar-refractivity contribution in [2.75, 3.05) is 32.8 Å². The minimum atomic E-state index is -0.399. The molecule has 0 spiro atoms. The quantitative estimate of drug-likeness (QED) is 0.627. The summed E-state index contributed by atoms with van der Waals surface area (Å²) in [4.78, 5) is 13.1. The Morgan fingerprint density at radius 3 is 3.12 bits per heavy atom. The second kappa shape index (κ2) is 6.33. The Labute approximate surface area is 103 Å². The van der Waals surface area contributed by atoms with Crippen LogP contribution in [0.3, 0.4) is 0 Å². The molecule has 5 nitrogen and oxygen atoms in total. The van der Waals surface area contributed by atoms with Crippen molar-refractivity contribution in [1.29, 1.82) is 0 Å². The third-order valence-corrected chi connectivity index (χ3v) is 3.74. The first-order valence-electron chi connectivity index (χ1n) is 6.59. The maximum atomic E-state index is 10.5. The number of hydrogen-bond donors (Lipinski definition) is 2. The second-order valence-corrected chi connectivity index (χ2v) is 5.03. The number of carbonyl (C=O) groups excluding carboxylic acids is 1. The van der Waals surface area contributed by atoms with Crippen LogP contribution in [-0.2, 0) is 9.53 Å². The molecule has 2 rings (SSSR count). The van der Waals surface area contributed by atoms with Gasteiger partial charge in [0.25, 0.3) is 0 Å². The van der Waals surface area contributed by atoms with E-state index in [1.807, 2.05) is 0 Å². The molecule has 0 saturated carbocycles. The van der Waals surface area contributed by atoms with Crippen LogP contribution in [0.5, 0.6) is 0 Å². The van der Waals surface area contributed by atoms with Gasteiger partial charge in [0.05, 0.1) is 6.61 Å². The van der Waals surface area contributed by atoms with Crippen LogP contribution in [0.1, 0.15) is 25.7 Å². The second-order valence-electron chi connectivity index (χ2n) is 5.03. The van der Waals surface area contributed by atoms with Gasteiger partial charge in [-0.05, 0) is 38.8 Å². The summed E-state index contributed by atoms with van der Waals surface area (Å²) < 4.78 is 5.13. The molecular formula is C12H23N3O2. The Morgan fingerprint density at radius 1 is 1.41 bits per heavy atom. The minimum absolute atomic E-state index is 0.0305. The average Bonchev–Trinajstić information content (AvgIpc) is 2.75. The fourth-order valence-corrected chi connectivity index (χ4v) is 2.92. The number of rotatable bonds is 6. The van der Waals surface area contributed by atoms with Crippen LogP contribution in [-0.4, -0.2) is 55.7 Å². The largest absolute Gasteiger partial charge is 0.370 e. The summed E-state index contributed by atoms with van der Waals surface area (Å²) in [5.74, 6) is -0.399. The van der Waals surface area contributed by atoms with E-state index in [2.05, 4.69) is 10.2 Å². The topological polar surface area (TPSA) is 67.6 Å². The molecule has 2 unspecified atom stereocenters. The molecule has 0 aliphatic carbocycles. The normalized spacial score (nSPS) is 29.2. The van der Waals surface area contributed by atoms with E-state index in [0.29, 0.717) is 12.6 Å².